The monoisotopic (exact) mass is 421 g/mol. The molecule has 0 saturated heterocycles. The number of nitrogens with zero attached hydrogens (tertiary/aromatic N) is 1. The van der Waals surface area contributed by atoms with Crippen LogP contribution in [0.5, 0.6) is 11.5 Å². The van der Waals surface area contributed by atoms with E-state index in [1.54, 1.807) is 13.4 Å². The largest absolute Gasteiger partial charge is 0.497 e. The molecule has 1 fully saturated rings. The van der Waals surface area contributed by atoms with E-state index in [4.69, 9.17) is 13.9 Å². The zero-order valence-electron chi connectivity index (χ0n) is 17.6. The Bertz CT molecular complexity index is 977. The highest BCUT2D eigenvalue weighted by Gasteiger charge is 2.16. The van der Waals surface area contributed by atoms with Crippen molar-refractivity contribution >= 4 is 11.7 Å². The molecule has 1 aliphatic carbocycles. The van der Waals surface area contributed by atoms with Crippen LogP contribution in [0.1, 0.15) is 31.4 Å². The molecule has 3 aromatic rings. The summed E-state index contributed by atoms with van der Waals surface area (Å²) in [5.41, 5.74) is 2.37. The summed E-state index contributed by atoms with van der Waals surface area (Å²) in [4.78, 5) is 16.6. The average Bonchev–Trinajstić information content (AvgIpc) is 3.48. The van der Waals surface area contributed by atoms with Gasteiger partial charge >= 0.3 is 6.03 Å². The van der Waals surface area contributed by atoms with Gasteiger partial charge in [0.1, 0.15) is 17.8 Å². The first-order valence-corrected chi connectivity index (χ1v) is 10.6. The van der Waals surface area contributed by atoms with Crippen LogP contribution in [0, 0.1) is 0 Å². The Morgan fingerprint density at radius 3 is 2.48 bits per heavy atom. The van der Waals surface area contributed by atoms with Gasteiger partial charge in [-0.15, -0.1) is 0 Å². The normalized spacial score (nSPS) is 13.7. The maximum Gasteiger partial charge on any atom is 0.319 e. The lowest BCUT2D eigenvalue weighted by Gasteiger charge is -2.13. The van der Waals surface area contributed by atoms with E-state index in [9.17, 15) is 4.79 Å². The Kier molecular flexibility index (Phi) is 6.72. The molecule has 0 atom stereocenters. The molecule has 7 heteroatoms. The lowest BCUT2D eigenvalue weighted by atomic mass is 10.2. The van der Waals surface area contributed by atoms with Gasteiger partial charge < -0.3 is 24.5 Å². The van der Waals surface area contributed by atoms with Crippen molar-refractivity contribution in [3.63, 3.8) is 0 Å². The minimum atomic E-state index is -0.261. The van der Waals surface area contributed by atoms with Gasteiger partial charge in [-0.2, -0.15) is 0 Å². The molecule has 7 nitrogen and oxygen atoms in total. The number of rotatable bonds is 8. The summed E-state index contributed by atoms with van der Waals surface area (Å²) in [5.74, 6) is 2.17. The number of carbonyl (C=O) groups is 1. The van der Waals surface area contributed by atoms with Gasteiger partial charge in [0.25, 0.3) is 0 Å². The van der Waals surface area contributed by atoms with E-state index in [0.29, 0.717) is 25.0 Å². The summed E-state index contributed by atoms with van der Waals surface area (Å²) < 4.78 is 16.6. The molecule has 0 unspecified atom stereocenters. The zero-order chi connectivity index (χ0) is 21.5. The van der Waals surface area contributed by atoms with Gasteiger partial charge in [-0.25, -0.2) is 9.78 Å². The lowest BCUT2D eigenvalue weighted by molar-refractivity contribution is 0.210. The number of methoxy groups -OCH3 is 1. The minimum absolute atomic E-state index is 0.261. The van der Waals surface area contributed by atoms with Crippen molar-refractivity contribution in [2.75, 3.05) is 19.0 Å². The number of nitrogens with one attached hydrogen (secondary N) is 2. The van der Waals surface area contributed by atoms with Crippen LogP contribution in [0.25, 0.3) is 11.5 Å². The smallest absolute Gasteiger partial charge is 0.319 e. The summed E-state index contributed by atoms with van der Waals surface area (Å²) in [6.45, 7) is 0.448. The molecular weight excluding hydrogens is 394 g/mol. The Balaban J connectivity index is 1.21. The SMILES string of the molecule is COc1ccc(-c2nc(CCNC(=O)Nc3ccc(OC4CCCC4)cc3)co2)cc1. The van der Waals surface area contributed by atoms with Crippen molar-refractivity contribution in [1.29, 1.82) is 0 Å². The summed E-state index contributed by atoms with van der Waals surface area (Å²) in [5, 5.41) is 5.67. The van der Waals surface area contributed by atoms with Gasteiger partial charge in [0.2, 0.25) is 5.89 Å². The number of benzene rings is 2. The second-order valence-corrected chi connectivity index (χ2v) is 7.55. The quantitative estimate of drug-likeness (QED) is 0.532. The van der Waals surface area contributed by atoms with Crippen LogP contribution in [0.15, 0.2) is 59.2 Å². The van der Waals surface area contributed by atoms with Crippen LogP contribution in [-0.2, 0) is 6.42 Å². The van der Waals surface area contributed by atoms with E-state index in [0.717, 1.165) is 41.3 Å². The van der Waals surface area contributed by atoms with Gasteiger partial charge in [0, 0.05) is 24.2 Å². The number of anilines is 1. The summed E-state index contributed by atoms with van der Waals surface area (Å²) in [6, 6.07) is 14.7. The standard InChI is InChI=1S/C24H27N3O4/c1-29-20-10-6-17(7-11-20)23-26-19(16-30-23)14-15-25-24(28)27-18-8-12-22(13-9-18)31-21-4-2-3-5-21/h6-13,16,21H,2-5,14-15H2,1H3,(H2,25,27,28). The first-order chi connectivity index (χ1) is 15.2. The number of ether oxygens (including phenoxy) is 2. The molecule has 0 spiro atoms. The molecule has 0 radical (unpaired) electrons. The predicted molar refractivity (Wildman–Crippen MR) is 119 cm³/mol. The molecule has 1 saturated carbocycles. The van der Waals surface area contributed by atoms with Crippen LogP contribution < -0.4 is 20.1 Å². The number of amides is 2. The van der Waals surface area contributed by atoms with Crippen LogP contribution in [0.3, 0.4) is 0 Å². The second-order valence-electron chi connectivity index (χ2n) is 7.55. The molecule has 2 amide bonds. The maximum atomic E-state index is 12.1. The molecule has 1 aromatic heterocycles. The van der Waals surface area contributed by atoms with Crippen LogP contribution >= 0.6 is 0 Å². The number of carbonyl (C=O) groups excluding carboxylic acids is 1. The molecule has 2 aromatic carbocycles. The van der Waals surface area contributed by atoms with Gasteiger partial charge in [-0.3, -0.25) is 0 Å². The number of aromatic nitrogens is 1. The molecule has 31 heavy (non-hydrogen) atoms. The summed E-state index contributed by atoms with van der Waals surface area (Å²) in [6.07, 6.45) is 7.22. The highest BCUT2D eigenvalue weighted by molar-refractivity contribution is 5.89. The van der Waals surface area contributed by atoms with Crippen LogP contribution in [-0.4, -0.2) is 30.8 Å². The molecule has 4 rings (SSSR count). The number of hydrogen-bond donors (Lipinski definition) is 2. The zero-order valence-corrected chi connectivity index (χ0v) is 17.6. The van der Waals surface area contributed by atoms with Crippen molar-refractivity contribution in [1.82, 2.24) is 10.3 Å². The highest BCUT2D eigenvalue weighted by Crippen LogP contribution is 2.25. The van der Waals surface area contributed by atoms with Gasteiger partial charge in [0.05, 0.1) is 18.9 Å². The topological polar surface area (TPSA) is 85.6 Å². The van der Waals surface area contributed by atoms with Crippen molar-refractivity contribution in [3.05, 3.63) is 60.5 Å². The third-order valence-corrected chi connectivity index (χ3v) is 5.27. The maximum absolute atomic E-state index is 12.1. The molecule has 1 heterocycles. The van der Waals surface area contributed by atoms with E-state index >= 15 is 0 Å². The minimum Gasteiger partial charge on any atom is -0.497 e. The van der Waals surface area contributed by atoms with Crippen molar-refractivity contribution < 1.29 is 18.7 Å². The van der Waals surface area contributed by atoms with Crippen molar-refractivity contribution in [3.8, 4) is 23.0 Å². The first-order valence-electron chi connectivity index (χ1n) is 10.6. The number of hydrogen-bond acceptors (Lipinski definition) is 5. The Morgan fingerprint density at radius 1 is 1.06 bits per heavy atom. The fourth-order valence-corrected chi connectivity index (χ4v) is 3.58. The molecule has 0 aliphatic heterocycles. The molecule has 162 valence electrons. The Morgan fingerprint density at radius 2 is 1.77 bits per heavy atom. The van der Waals surface area contributed by atoms with Crippen molar-refractivity contribution in [2.45, 2.75) is 38.2 Å². The predicted octanol–water partition coefficient (Wildman–Crippen LogP) is 5.04. The highest BCUT2D eigenvalue weighted by atomic mass is 16.5. The van der Waals surface area contributed by atoms with E-state index in [-0.39, 0.29) is 6.03 Å². The van der Waals surface area contributed by atoms with E-state index in [1.807, 2.05) is 48.5 Å². The average molecular weight is 421 g/mol. The van der Waals surface area contributed by atoms with E-state index < -0.39 is 0 Å². The molecule has 1 aliphatic rings. The summed E-state index contributed by atoms with van der Waals surface area (Å²) >= 11 is 0. The summed E-state index contributed by atoms with van der Waals surface area (Å²) in [7, 11) is 1.63. The Labute approximate surface area is 181 Å². The van der Waals surface area contributed by atoms with E-state index in [1.165, 1.54) is 12.8 Å². The van der Waals surface area contributed by atoms with Gasteiger partial charge in [-0.1, -0.05) is 0 Å². The molecular formula is C24H27N3O4. The molecule has 0 bridgehead atoms. The van der Waals surface area contributed by atoms with Crippen LogP contribution in [0.2, 0.25) is 0 Å². The number of oxazole rings is 1. The van der Waals surface area contributed by atoms with E-state index in [2.05, 4.69) is 15.6 Å². The van der Waals surface area contributed by atoms with Crippen LogP contribution in [0.4, 0.5) is 10.5 Å². The third-order valence-electron chi connectivity index (χ3n) is 5.27. The number of urea groups is 1. The third kappa shape index (κ3) is 5.78. The van der Waals surface area contributed by atoms with Crippen molar-refractivity contribution in [2.24, 2.45) is 0 Å². The fraction of sp³-hybridized carbons (Fsp3) is 0.333. The molecule has 2 N–H and O–H groups in total. The van der Waals surface area contributed by atoms with Gasteiger partial charge in [-0.05, 0) is 74.2 Å². The van der Waals surface area contributed by atoms with Gasteiger partial charge in [0.15, 0.2) is 0 Å². The second kappa shape index (κ2) is 10.0. The first kappa shape index (κ1) is 20.8. The Hall–Kier alpha value is -3.48. The lowest BCUT2D eigenvalue weighted by Crippen LogP contribution is -2.30. The fourth-order valence-electron chi connectivity index (χ4n) is 3.58.